The Morgan fingerprint density at radius 2 is 1.97 bits per heavy atom. The van der Waals surface area contributed by atoms with Gasteiger partial charge in [0, 0.05) is 29.0 Å². The fourth-order valence-electron chi connectivity index (χ4n) is 3.60. The Bertz CT molecular complexity index is 1110. The first-order valence-electron chi connectivity index (χ1n) is 10.1. The highest BCUT2D eigenvalue weighted by Crippen LogP contribution is 2.40. The van der Waals surface area contributed by atoms with E-state index in [-0.39, 0.29) is 11.1 Å². The van der Waals surface area contributed by atoms with Crippen LogP contribution >= 0.6 is 11.6 Å². The number of amides is 1. The first-order valence-corrected chi connectivity index (χ1v) is 10.5. The molecule has 0 aromatic heterocycles. The number of nitrogens with zero attached hydrogens (tertiary/aromatic N) is 2. The summed E-state index contributed by atoms with van der Waals surface area (Å²) in [6.45, 7) is 8.80. The van der Waals surface area contributed by atoms with Crippen LogP contribution < -0.4 is 15.0 Å². The van der Waals surface area contributed by atoms with Gasteiger partial charge < -0.3 is 15.0 Å². The molecule has 160 valence electrons. The van der Waals surface area contributed by atoms with E-state index in [0.717, 1.165) is 16.8 Å². The number of nitrogens with one attached hydrogen (secondary N) is 1. The van der Waals surface area contributed by atoms with E-state index < -0.39 is 5.91 Å². The van der Waals surface area contributed by atoms with Gasteiger partial charge in [0.25, 0.3) is 5.91 Å². The number of nitriles is 1. The van der Waals surface area contributed by atoms with Crippen molar-refractivity contribution in [1.82, 2.24) is 0 Å². The van der Waals surface area contributed by atoms with Crippen LogP contribution in [-0.4, -0.2) is 25.1 Å². The van der Waals surface area contributed by atoms with Crippen molar-refractivity contribution in [2.75, 3.05) is 23.9 Å². The number of hydrogen-bond acceptors (Lipinski definition) is 4. The summed E-state index contributed by atoms with van der Waals surface area (Å²) in [4.78, 5) is 14.8. The van der Waals surface area contributed by atoms with Crippen molar-refractivity contribution in [3.63, 3.8) is 0 Å². The highest BCUT2D eigenvalue weighted by Gasteiger charge is 2.29. The number of rotatable bonds is 5. The summed E-state index contributed by atoms with van der Waals surface area (Å²) in [6, 6.07) is 12.8. The SMILES string of the molecule is CCOc1ccc(NC(=O)/C(C#N)=C/c2cc3c(cc2Cl)N(C)C(C)(C)C=C3C)cc1. The van der Waals surface area contributed by atoms with Crippen LogP contribution in [0.4, 0.5) is 11.4 Å². The molecule has 2 aromatic rings. The Morgan fingerprint density at radius 3 is 2.58 bits per heavy atom. The van der Waals surface area contributed by atoms with Crippen molar-refractivity contribution in [2.45, 2.75) is 33.2 Å². The van der Waals surface area contributed by atoms with E-state index in [1.54, 1.807) is 24.3 Å². The fourth-order valence-corrected chi connectivity index (χ4v) is 3.81. The van der Waals surface area contributed by atoms with Gasteiger partial charge in [-0.3, -0.25) is 4.79 Å². The van der Waals surface area contributed by atoms with Crippen molar-refractivity contribution < 1.29 is 9.53 Å². The smallest absolute Gasteiger partial charge is 0.266 e. The van der Waals surface area contributed by atoms with Gasteiger partial charge in [-0.2, -0.15) is 5.26 Å². The minimum atomic E-state index is -0.494. The molecular formula is C25H26ClN3O2. The largest absolute Gasteiger partial charge is 0.494 e. The number of halogens is 1. The van der Waals surface area contributed by atoms with Crippen LogP contribution in [0.2, 0.25) is 5.02 Å². The van der Waals surface area contributed by atoms with Gasteiger partial charge >= 0.3 is 0 Å². The molecule has 0 fully saturated rings. The number of likely N-dealkylation sites (N-methyl/N-ethyl adjacent to an activating group) is 1. The van der Waals surface area contributed by atoms with Crippen molar-refractivity contribution >= 4 is 40.5 Å². The lowest BCUT2D eigenvalue weighted by Crippen LogP contribution is -2.42. The second-order valence-electron chi connectivity index (χ2n) is 8.01. The van der Waals surface area contributed by atoms with E-state index in [0.29, 0.717) is 28.6 Å². The lowest BCUT2D eigenvalue weighted by molar-refractivity contribution is -0.112. The van der Waals surface area contributed by atoms with Crippen molar-refractivity contribution in [3.8, 4) is 11.8 Å². The molecule has 2 aromatic carbocycles. The Labute approximate surface area is 188 Å². The lowest BCUT2D eigenvalue weighted by Gasteiger charge is -2.40. The molecule has 0 unspecified atom stereocenters. The Morgan fingerprint density at radius 1 is 1.29 bits per heavy atom. The molecule has 3 rings (SSSR count). The van der Waals surface area contributed by atoms with Crippen molar-refractivity contribution in [1.29, 1.82) is 5.26 Å². The van der Waals surface area contributed by atoms with E-state index in [9.17, 15) is 10.1 Å². The number of benzene rings is 2. The fraction of sp³-hybridized carbons (Fsp3) is 0.280. The molecule has 5 nitrogen and oxygen atoms in total. The molecular weight excluding hydrogens is 410 g/mol. The molecule has 0 spiro atoms. The second kappa shape index (κ2) is 8.87. The summed E-state index contributed by atoms with van der Waals surface area (Å²) in [7, 11) is 2.03. The van der Waals surface area contributed by atoms with Gasteiger partial charge in [-0.25, -0.2) is 0 Å². The minimum absolute atomic E-state index is 0.0261. The van der Waals surface area contributed by atoms with Crippen LogP contribution in [0, 0.1) is 11.3 Å². The topological polar surface area (TPSA) is 65.4 Å². The van der Waals surface area contributed by atoms with E-state index in [1.807, 2.05) is 32.2 Å². The van der Waals surface area contributed by atoms with E-state index in [2.05, 4.69) is 37.1 Å². The number of carbonyl (C=O) groups is 1. The van der Waals surface area contributed by atoms with E-state index >= 15 is 0 Å². The summed E-state index contributed by atoms with van der Waals surface area (Å²) in [5.74, 6) is 0.222. The summed E-state index contributed by atoms with van der Waals surface area (Å²) in [5, 5.41) is 12.8. The molecule has 0 bridgehead atoms. The molecule has 0 atom stereocenters. The van der Waals surface area contributed by atoms with E-state index in [1.165, 1.54) is 6.08 Å². The van der Waals surface area contributed by atoms with Gasteiger partial charge in [-0.05, 0) is 81.3 Å². The molecule has 1 amide bonds. The van der Waals surface area contributed by atoms with E-state index in [4.69, 9.17) is 16.3 Å². The number of hydrogen-bond donors (Lipinski definition) is 1. The second-order valence-corrected chi connectivity index (χ2v) is 8.42. The van der Waals surface area contributed by atoms with Crippen LogP contribution in [-0.2, 0) is 4.79 Å². The number of fused-ring (bicyclic) bond motifs is 1. The third kappa shape index (κ3) is 4.76. The lowest BCUT2D eigenvalue weighted by atomic mass is 9.88. The highest BCUT2D eigenvalue weighted by molar-refractivity contribution is 6.32. The minimum Gasteiger partial charge on any atom is -0.494 e. The van der Waals surface area contributed by atoms with Gasteiger partial charge in [0.1, 0.15) is 17.4 Å². The highest BCUT2D eigenvalue weighted by atomic mass is 35.5. The zero-order valence-corrected chi connectivity index (χ0v) is 19.2. The third-order valence-electron chi connectivity index (χ3n) is 5.42. The summed E-state index contributed by atoms with van der Waals surface area (Å²) in [5.41, 5.74) is 4.22. The van der Waals surface area contributed by atoms with Crippen LogP contribution in [0.5, 0.6) is 5.75 Å². The Hall–Kier alpha value is -3.23. The normalized spacial score (nSPS) is 14.9. The maximum atomic E-state index is 12.7. The summed E-state index contributed by atoms with van der Waals surface area (Å²) in [6.07, 6.45) is 3.72. The maximum absolute atomic E-state index is 12.7. The van der Waals surface area contributed by atoms with Gasteiger partial charge in [0.05, 0.1) is 12.1 Å². The van der Waals surface area contributed by atoms with Crippen molar-refractivity contribution in [2.24, 2.45) is 0 Å². The monoisotopic (exact) mass is 435 g/mol. The van der Waals surface area contributed by atoms with Gasteiger partial charge in [0.15, 0.2) is 0 Å². The number of carbonyl (C=O) groups excluding carboxylic acids is 1. The molecule has 0 saturated heterocycles. The summed E-state index contributed by atoms with van der Waals surface area (Å²) >= 11 is 6.53. The molecule has 1 N–H and O–H groups in total. The molecule has 0 aliphatic carbocycles. The van der Waals surface area contributed by atoms with Crippen LogP contribution in [0.1, 0.15) is 38.8 Å². The van der Waals surface area contributed by atoms with Gasteiger partial charge in [-0.15, -0.1) is 0 Å². The van der Waals surface area contributed by atoms with Gasteiger partial charge in [0.2, 0.25) is 0 Å². The zero-order chi connectivity index (χ0) is 22.8. The summed E-state index contributed by atoms with van der Waals surface area (Å²) < 4.78 is 5.40. The maximum Gasteiger partial charge on any atom is 0.266 e. The molecule has 6 heteroatoms. The molecule has 0 saturated carbocycles. The Balaban J connectivity index is 1.90. The average molecular weight is 436 g/mol. The molecule has 1 heterocycles. The first-order chi connectivity index (χ1) is 14.7. The molecule has 1 aliphatic rings. The molecule has 31 heavy (non-hydrogen) atoms. The van der Waals surface area contributed by atoms with Crippen LogP contribution in [0.3, 0.4) is 0 Å². The molecule has 0 radical (unpaired) electrons. The zero-order valence-electron chi connectivity index (χ0n) is 18.4. The van der Waals surface area contributed by atoms with Crippen LogP contribution in [0.25, 0.3) is 11.6 Å². The standard InChI is InChI=1S/C25H26ClN3O2/c1-6-31-20-9-7-19(8-10-20)28-24(30)18(15-27)11-17-12-21-16(2)14-25(3,4)29(5)23(21)13-22(17)26/h7-14H,6H2,1-5H3,(H,28,30)/b18-11+. The quantitative estimate of drug-likeness (QED) is 0.468. The number of ether oxygens (including phenoxy) is 1. The number of anilines is 2. The third-order valence-corrected chi connectivity index (χ3v) is 5.75. The Kier molecular flexibility index (Phi) is 6.42. The average Bonchev–Trinajstić information content (AvgIpc) is 2.72. The van der Waals surface area contributed by atoms with Crippen LogP contribution in [0.15, 0.2) is 48.0 Å². The predicted octanol–water partition coefficient (Wildman–Crippen LogP) is 5.92. The predicted molar refractivity (Wildman–Crippen MR) is 127 cm³/mol. The number of allylic oxidation sites excluding steroid dienone is 1. The van der Waals surface area contributed by atoms with Gasteiger partial charge in [-0.1, -0.05) is 17.7 Å². The molecule has 1 aliphatic heterocycles. The first kappa shape index (κ1) is 22.5. The van der Waals surface area contributed by atoms with Crippen molar-refractivity contribution in [3.05, 3.63) is 64.2 Å².